The van der Waals surface area contributed by atoms with Gasteiger partial charge in [-0.1, -0.05) is 0 Å². The van der Waals surface area contributed by atoms with Crippen LogP contribution in [0.3, 0.4) is 0 Å². The van der Waals surface area contributed by atoms with E-state index in [9.17, 15) is 24.0 Å². The van der Waals surface area contributed by atoms with E-state index in [1.165, 1.54) is 0 Å². The zero-order chi connectivity index (χ0) is 22.3. The number of esters is 2. The molecule has 1 rings (SSSR count). The summed E-state index contributed by atoms with van der Waals surface area (Å²) in [6.45, 7) is 14.0. The van der Waals surface area contributed by atoms with Gasteiger partial charge in [-0.25, -0.2) is 14.5 Å². The van der Waals surface area contributed by atoms with Gasteiger partial charge in [0.05, 0.1) is 0 Å². The van der Waals surface area contributed by atoms with Crippen molar-refractivity contribution in [3.05, 3.63) is 0 Å². The second kappa shape index (κ2) is 7.18. The van der Waals surface area contributed by atoms with E-state index < -0.39 is 52.2 Å². The molecule has 2 atom stereocenters. The maximum atomic E-state index is 12.7. The molecule has 0 N–H and O–H groups in total. The number of carbonyl (C=O) groups is 5. The monoisotopic (exact) mass is 399 g/mol. The molecule has 1 heterocycles. The van der Waals surface area contributed by atoms with Crippen molar-refractivity contribution in [3.8, 4) is 0 Å². The van der Waals surface area contributed by atoms with Crippen LogP contribution in [-0.2, 0) is 33.4 Å². The summed E-state index contributed by atoms with van der Waals surface area (Å²) in [5, 5.41) is 0. The smallest absolute Gasteiger partial charge is 0.417 e. The van der Waals surface area contributed by atoms with Crippen molar-refractivity contribution in [2.45, 2.75) is 85.2 Å². The Labute approximate surface area is 164 Å². The molecular weight excluding hydrogens is 370 g/mol. The van der Waals surface area contributed by atoms with Gasteiger partial charge in [0.25, 0.3) is 5.91 Å². The molecule has 0 bridgehead atoms. The zero-order valence-electron chi connectivity index (χ0n) is 17.9. The molecule has 0 aromatic carbocycles. The normalized spacial score (nSPS) is 22.8. The Kier molecular flexibility index (Phi) is 6.05. The first kappa shape index (κ1) is 23.6. The van der Waals surface area contributed by atoms with Crippen molar-refractivity contribution in [3.63, 3.8) is 0 Å². The second-order valence-corrected chi connectivity index (χ2v) is 9.58. The fraction of sp³-hybridized carbons (Fsp3) is 0.737. The van der Waals surface area contributed by atoms with E-state index in [0.29, 0.717) is 4.90 Å². The predicted octanol–water partition coefficient (Wildman–Crippen LogP) is 2.00. The SMILES string of the molecule is CC(C)(C)OC(=O)[C@H]1N(C(=O)OC(C)(C)C)C(=O)[C@]1(C=O)C(=O)OC(C)(C)C. The highest BCUT2D eigenvalue weighted by atomic mass is 16.6. The first-order chi connectivity index (χ1) is 12.4. The number of aldehydes is 1. The Morgan fingerprint density at radius 3 is 1.64 bits per heavy atom. The van der Waals surface area contributed by atoms with Crippen molar-refractivity contribution in [2.75, 3.05) is 0 Å². The standard InChI is InChI=1S/C19H29NO8/c1-16(2,3)26-12(22)11-19(10-21,14(24)27-17(4,5)6)13(23)20(11)15(25)28-18(7,8)9/h10-11H,1-9H3/t11-,19-/m1/s1. The summed E-state index contributed by atoms with van der Waals surface area (Å²) in [4.78, 5) is 62.9. The Bertz CT molecular complexity index is 692. The largest absolute Gasteiger partial charge is 0.459 e. The highest BCUT2D eigenvalue weighted by Gasteiger charge is 2.74. The van der Waals surface area contributed by atoms with E-state index in [-0.39, 0.29) is 6.29 Å². The summed E-state index contributed by atoms with van der Waals surface area (Å²) in [6.07, 6.45) is -1.13. The number of rotatable bonds is 3. The maximum Gasteiger partial charge on any atom is 0.417 e. The van der Waals surface area contributed by atoms with Gasteiger partial charge in [-0.3, -0.25) is 9.59 Å². The average Bonchev–Trinajstić information content (AvgIpc) is 2.39. The molecule has 1 saturated heterocycles. The molecule has 0 radical (unpaired) electrons. The quantitative estimate of drug-likeness (QED) is 0.233. The summed E-state index contributed by atoms with van der Waals surface area (Å²) in [7, 11) is 0. The first-order valence-corrected chi connectivity index (χ1v) is 8.85. The zero-order valence-corrected chi connectivity index (χ0v) is 17.9. The predicted molar refractivity (Wildman–Crippen MR) is 97.1 cm³/mol. The van der Waals surface area contributed by atoms with Crippen LogP contribution < -0.4 is 0 Å². The molecule has 1 aliphatic rings. The van der Waals surface area contributed by atoms with Crippen LogP contribution in [0.15, 0.2) is 0 Å². The van der Waals surface area contributed by atoms with E-state index in [4.69, 9.17) is 14.2 Å². The summed E-state index contributed by atoms with van der Waals surface area (Å²) in [5.74, 6) is -3.51. The minimum Gasteiger partial charge on any atom is -0.459 e. The molecule has 0 unspecified atom stereocenters. The molecule has 1 fully saturated rings. The molecule has 28 heavy (non-hydrogen) atoms. The molecular formula is C19H29NO8. The van der Waals surface area contributed by atoms with E-state index in [1.807, 2.05) is 0 Å². The van der Waals surface area contributed by atoms with E-state index in [1.54, 1.807) is 62.3 Å². The summed E-state index contributed by atoms with van der Waals surface area (Å²) in [5.41, 5.74) is -5.50. The average molecular weight is 399 g/mol. The molecule has 0 aromatic rings. The van der Waals surface area contributed by atoms with Crippen LogP contribution in [0.5, 0.6) is 0 Å². The van der Waals surface area contributed by atoms with Gasteiger partial charge in [0.1, 0.15) is 23.1 Å². The number of β-lactam (4-membered cyclic amide) rings is 1. The van der Waals surface area contributed by atoms with Crippen LogP contribution in [0.1, 0.15) is 62.3 Å². The van der Waals surface area contributed by atoms with Gasteiger partial charge in [-0.15, -0.1) is 0 Å². The number of hydrogen-bond donors (Lipinski definition) is 0. The van der Waals surface area contributed by atoms with Crippen molar-refractivity contribution in [2.24, 2.45) is 5.41 Å². The van der Waals surface area contributed by atoms with E-state index >= 15 is 0 Å². The number of hydrogen-bond acceptors (Lipinski definition) is 8. The fourth-order valence-electron chi connectivity index (χ4n) is 2.44. The van der Waals surface area contributed by atoms with Gasteiger partial charge in [0.2, 0.25) is 5.41 Å². The van der Waals surface area contributed by atoms with Gasteiger partial charge in [0.15, 0.2) is 6.04 Å². The van der Waals surface area contributed by atoms with Crippen molar-refractivity contribution < 1.29 is 38.2 Å². The topological polar surface area (TPSA) is 116 Å². The van der Waals surface area contributed by atoms with Crippen molar-refractivity contribution in [1.82, 2.24) is 4.90 Å². The lowest BCUT2D eigenvalue weighted by molar-refractivity contribution is -0.202. The second-order valence-electron chi connectivity index (χ2n) is 9.58. The minimum atomic E-state index is -2.51. The Hall–Kier alpha value is -2.45. The Morgan fingerprint density at radius 1 is 0.857 bits per heavy atom. The number of imide groups is 1. The Morgan fingerprint density at radius 2 is 1.29 bits per heavy atom. The lowest BCUT2D eigenvalue weighted by Crippen LogP contribution is -2.78. The van der Waals surface area contributed by atoms with Gasteiger partial charge in [-0.05, 0) is 62.3 Å². The minimum absolute atomic E-state index is 0.0266. The summed E-state index contributed by atoms with van der Waals surface area (Å²) < 4.78 is 15.5. The third kappa shape index (κ3) is 4.88. The number of likely N-dealkylation sites (tertiary alicyclic amines) is 1. The molecule has 2 amide bonds. The van der Waals surface area contributed by atoms with Crippen LogP contribution in [0, 0.1) is 5.41 Å². The fourth-order valence-corrected chi connectivity index (χ4v) is 2.44. The molecule has 0 spiro atoms. The lowest BCUT2D eigenvalue weighted by atomic mass is 9.71. The van der Waals surface area contributed by atoms with Gasteiger partial charge >= 0.3 is 18.0 Å². The number of carbonyl (C=O) groups excluding carboxylic acids is 5. The number of amides is 2. The van der Waals surface area contributed by atoms with E-state index in [0.717, 1.165) is 0 Å². The highest BCUT2D eigenvalue weighted by Crippen LogP contribution is 2.42. The van der Waals surface area contributed by atoms with Crippen molar-refractivity contribution in [1.29, 1.82) is 0 Å². The van der Waals surface area contributed by atoms with Crippen LogP contribution in [-0.4, -0.2) is 58.0 Å². The van der Waals surface area contributed by atoms with Gasteiger partial charge < -0.3 is 19.0 Å². The van der Waals surface area contributed by atoms with Crippen LogP contribution in [0.2, 0.25) is 0 Å². The molecule has 9 nitrogen and oxygen atoms in total. The van der Waals surface area contributed by atoms with Gasteiger partial charge in [-0.2, -0.15) is 0 Å². The third-order valence-electron chi connectivity index (χ3n) is 3.40. The van der Waals surface area contributed by atoms with Crippen LogP contribution in [0.25, 0.3) is 0 Å². The first-order valence-electron chi connectivity index (χ1n) is 8.85. The molecule has 0 aromatic heterocycles. The Balaban J connectivity index is 3.40. The molecule has 0 saturated carbocycles. The summed E-state index contributed by atoms with van der Waals surface area (Å²) >= 11 is 0. The maximum absolute atomic E-state index is 12.7. The lowest BCUT2D eigenvalue weighted by Gasteiger charge is -2.48. The third-order valence-corrected chi connectivity index (χ3v) is 3.40. The molecule has 158 valence electrons. The number of ether oxygens (including phenoxy) is 3. The summed E-state index contributed by atoms with van der Waals surface area (Å²) in [6, 6.07) is -1.82. The number of nitrogens with zero attached hydrogens (tertiary/aromatic N) is 1. The van der Waals surface area contributed by atoms with Crippen LogP contribution in [0.4, 0.5) is 4.79 Å². The van der Waals surface area contributed by atoms with Crippen LogP contribution >= 0.6 is 0 Å². The van der Waals surface area contributed by atoms with E-state index in [2.05, 4.69) is 0 Å². The molecule has 1 aliphatic heterocycles. The van der Waals surface area contributed by atoms with Gasteiger partial charge in [0, 0.05) is 0 Å². The van der Waals surface area contributed by atoms with Crippen molar-refractivity contribution >= 4 is 30.2 Å². The highest BCUT2D eigenvalue weighted by molar-refractivity contribution is 6.28. The molecule has 9 heteroatoms. The molecule has 0 aliphatic carbocycles.